The van der Waals surface area contributed by atoms with Crippen LogP contribution in [0.3, 0.4) is 0 Å². The summed E-state index contributed by atoms with van der Waals surface area (Å²) in [5, 5.41) is 41.3. The summed E-state index contributed by atoms with van der Waals surface area (Å²) >= 11 is 1.61. The number of ether oxygens (including phenoxy) is 1. The number of benzene rings is 1. The zero-order valence-electron chi connectivity index (χ0n) is 15.4. The number of aliphatic hydroxyl groups excluding tert-OH is 4. The number of nitrogens with zero attached hydrogens (tertiary/aromatic N) is 2. The molecule has 2 aromatic rings. The van der Waals surface area contributed by atoms with Gasteiger partial charge >= 0.3 is 0 Å². The number of aromatic nitrogens is 1. The van der Waals surface area contributed by atoms with E-state index in [0.29, 0.717) is 0 Å². The first-order valence-corrected chi connectivity index (χ1v) is 10.4. The van der Waals surface area contributed by atoms with Crippen molar-refractivity contribution in [2.24, 2.45) is 5.92 Å². The third-order valence-electron chi connectivity index (χ3n) is 5.80. The van der Waals surface area contributed by atoms with E-state index < -0.39 is 37.3 Å². The maximum absolute atomic E-state index is 10.6. The molecule has 8 heteroatoms. The molecule has 5 rings (SSSR count). The summed E-state index contributed by atoms with van der Waals surface area (Å²) in [6, 6.07) is 7.84. The van der Waals surface area contributed by atoms with Crippen molar-refractivity contribution in [3.63, 3.8) is 0 Å². The third kappa shape index (κ3) is 3.04. The minimum atomic E-state index is -1.41. The van der Waals surface area contributed by atoms with Gasteiger partial charge in [-0.3, -0.25) is 0 Å². The second-order valence-electron chi connectivity index (χ2n) is 7.52. The molecule has 3 aliphatic rings. The van der Waals surface area contributed by atoms with Gasteiger partial charge < -0.3 is 30.1 Å². The topological polar surface area (TPSA) is 106 Å². The van der Waals surface area contributed by atoms with Crippen molar-refractivity contribution < 1.29 is 25.2 Å². The number of hydrogen-bond donors (Lipinski definition) is 4. The van der Waals surface area contributed by atoms with Crippen molar-refractivity contribution in [3.8, 4) is 0 Å². The Hall–Kier alpha value is -2.07. The zero-order chi connectivity index (χ0) is 20.1. The van der Waals surface area contributed by atoms with Crippen LogP contribution in [0.25, 0.3) is 15.8 Å². The van der Waals surface area contributed by atoms with Crippen molar-refractivity contribution in [3.05, 3.63) is 59.8 Å². The summed E-state index contributed by atoms with van der Waals surface area (Å²) in [5.74, 6) is 0.0212. The lowest BCUT2D eigenvalue weighted by Gasteiger charge is -2.45. The maximum Gasteiger partial charge on any atom is 0.159 e. The van der Waals surface area contributed by atoms with Crippen molar-refractivity contribution in [2.45, 2.75) is 36.7 Å². The summed E-state index contributed by atoms with van der Waals surface area (Å²) in [5.41, 5.74) is 1.94. The van der Waals surface area contributed by atoms with Crippen LogP contribution in [-0.4, -0.2) is 73.6 Å². The van der Waals surface area contributed by atoms with Gasteiger partial charge in [0.2, 0.25) is 0 Å². The SMILES string of the molecule is OCC1OC(N2C=C(c3nc4ccccc4s3)C3C=CC=CC32)C(O)C(O)C1O. The molecule has 0 bridgehead atoms. The number of rotatable bonds is 3. The first kappa shape index (κ1) is 18.9. The van der Waals surface area contributed by atoms with E-state index in [1.165, 1.54) is 0 Å². The standard InChI is InChI=1S/C21H22N2O5S/c24-10-15-17(25)18(26)19(27)21(28-15)23-9-12(11-5-1-3-7-14(11)23)20-22-13-6-2-4-8-16(13)29-20/h1-9,11,14-15,17-19,21,24-27H,10H2. The predicted octanol–water partition coefficient (Wildman–Crippen LogP) is 0.863. The number of fused-ring (bicyclic) bond motifs is 2. The van der Waals surface area contributed by atoms with Gasteiger partial charge in [-0.25, -0.2) is 4.98 Å². The minimum absolute atomic E-state index is 0.0212. The number of aliphatic hydroxyl groups is 4. The van der Waals surface area contributed by atoms with Crippen molar-refractivity contribution in [1.82, 2.24) is 9.88 Å². The van der Waals surface area contributed by atoms with Gasteiger partial charge in [0.05, 0.1) is 22.9 Å². The Morgan fingerprint density at radius 1 is 1.03 bits per heavy atom. The number of hydrogen-bond acceptors (Lipinski definition) is 8. The van der Waals surface area contributed by atoms with Crippen molar-refractivity contribution in [2.75, 3.05) is 6.61 Å². The molecule has 152 valence electrons. The highest BCUT2D eigenvalue weighted by atomic mass is 32.1. The smallest absolute Gasteiger partial charge is 0.159 e. The quantitative estimate of drug-likeness (QED) is 0.590. The Morgan fingerprint density at radius 3 is 2.62 bits per heavy atom. The van der Waals surface area contributed by atoms with Crippen LogP contribution in [0.5, 0.6) is 0 Å². The second-order valence-corrected chi connectivity index (χ2v) is 8.55. The van der Waals surface area contributed by atoms with E-state index in [9.17, 15) is 20.4 Å². The summed E-state index contributed by atoms with van der Waals surface area (Å²) in [6.45, 7) is -0.451. The Balaban J connectivity index is 1.54. The van der Waals surface area contributed by atoms with Gasteiger partial charge in [0, 0.05) is 17.7 Å². The van der Waals surface area contributed by atoms with Crippen LogP contribution in [0.1, 0.15) is 5.01 Å². The van der Waals surface area contributed by atoms with Gasteiger partial charge in [0.25, 0.3) is 0 Å². The summed E-state index contributed by atoms with van der Waals surface area (Å²) in [4.78, 5) is 6.63. The van der Waals surface area contributed by atoms with Gasteiger partial charge in [-0.2, -0.15) is 0 Å². The Kier molecular flexibility index (Phi) is 4.78. The third-order valence-corrected chi connectivity index (χ3v) is 6.88. The molecule has 2 aliphatic heterocycles. The van der Waals surface area contributed by atoms with Crippen molar-refractivity contribution in [1.29, 1.82) is 0 Å². The number of para-hydroxylation sites is 1. The summed E-state index contributed by atoms with van der Waals surface area (Å²) in [6.07, 6.45) is 3.99. The van der Waals surface area contributed by atoms with Crippen LogP contribution in [0.15, 0.2) is 54.8 Å². The second kappa shape index (κ2) is 7.32. The summed E-state index contributed by atoms with van der Waals surface area (Å²) < 4.78 is 6.90. The summed E-state index contributed by atoms with van der Waals surface area (Å²) in [7, 11) is 0. The van der Waals surface area contributed by atoms with E-state index >= 15 is 0 Å². The molecule has 4 N–H and O–H groups in total. The highest BCUT2D eigenvalue weighted by Crippen LogP contribution is 2.43. The van der Waals surface area contributed by atoms with E-state index in [0.717, 1.165) is 20.8 Å². The van der Waals surface area contributed by atoms with Crippen molar-refractivity contribution >= 4 is 27.1 Å². The van der Waals surface area contributed by atoms with Gasteiger partial charge in [0.15, 0.2) is 6.23 Å². The Labute approximate surface area is 171 Å². The number of thiazole rings is 1. The molecule has 1 aromatic carbocycles. The fraction of sp³-hybridized carbons (Fsp3) is 0.381. The first-order valence-electron chi connectivity index (χ1n) is 9.59. The fourth-order valence-corrected chi connectivity index (χ4v) is 5.29. The predicted molar refractivity (Wildman–Crippen MR) is 109 cm³/mol. The molecule has 0 amide bonds. The molecule has 7 atom stereocenters. The molecule has 1 aromatic heterocycles. The molecule has 7 unspecified atom stereocenters. The van der Waals surface area contributed by atoms with Crippen LogP contribution in [0, 0.1) is 5.92 Å². The normalized spacial score (nSPS) is 36.5. The van der Waals surface area contributed by atoms with Crippen LogP contribution in [-0.2, 0) is 4.74 Å². The molecule has 1 aliphatic carbocycles. The lowest BCUT2D eigenvalue weighted by atomic mass is 9.90. The largest absolute Gasteiger partial charge is 0.394 e. The van der Waals surface area contributed by atoms with E-state index in [2.05, 4.69) is 6.08 Å². The van der Waals surface area contributed by atoms with Gasteiger partial charge in [-0.15, -0.1) is 11.3 Å². The van der Waals surface area contributed by atoms with Gasteiger partial charge in [0.1, 0.15) is 29.4 Å². The van der Waals surface area contributed by atoms with E-state index in [-0.39, 0.29) is 12.0 Å². The van der Waals surface area contributed by atoms with E-state index in [4.69, 9.17) is 9.72 Å². The molecule has 0 saturated carbocycles. The zero-order valence-corrected chi connectivity index (χ0v) is 16.3. The Morgan fingerprint density at radius 2 is 1.83 bits per heavy atom. The highest BCUT2D eigenvalue weighted by molar-refractivity contribution is 7.19. The fourth-order valence-electron chi connectivity index (χ4n) is 4.27. The number of allylic oxidation sites excluding steroid dienone is 2. The van der Waals surface area contributed by atoms with E-state index in [1.807, 2.05) is 53.6 Å². The van der Waals surface area contributed by atoms with Crippen LogP contribution < -0.4 is 0 Å². The molecule has 3 heterocycles. The molecular formula is C21H22N2O5S. The monoisotopic (exact) mass is 414 g/mol. The van der Waals surface area contributed by atoms with Crippen LogP contribution >= 0.6 is 11.3 Å². The molecule has 7 nitrogen and oxygen atoms in total. The molecule has 1 fully saturated rings. The minimum Gasteiger partial charge on any atom is -0.394 e. The average molecular weight is 414 g/mol. The molecule has 29 heavy (non-hydrogen) atoms. The molecular weight excluding hydrogens is 392 g/mol. The molecule has 0 spiro atoms. The van der Waals surface area contributed by atoms with Gasteiger partial charge in [-0.1, -0.05) is 36.4 Å². The van der Waals surface area contributed by atoms with Crippen LogP contribution in [0.4, 0.5) is 0 Å². The Bertz CT molecular complexity index is 967. The molecule has 0 radical (unpaired) electrons. The van der Waals surface area contributed by atoms with E-state index in [1.54, 1.807) is 11.3 Å². The van der Waals surface area contributed by atoms with Gasteiger partial charge in [-0.05, 0) is 12.1 Å². The van der Waals surface area contributed by atoms with Crippen LogP contribution in [0.2, 0.25) is 0 Å². The molecule has 1 saturated heterocycles. The first-order chi connectivity index (χ1) is 14.1. The lowest BCUT2D eigenvalue weighted by Crippen LogP contribution is -2.63. The average Bonchev–Trinajstić information content (AvgIpc) is 3.34. The lowest BCUT2D eigenvalue weighted by molar-refractivity contribution is -0.260. The maximum atomic E-state index is 10.6. The highest BCUT2D eigenvalue weighted by Gasteiger charge is 2.49.